The number of methoxy groups -OCH3 is 1. The molecule has 2 aromatic carbocycles. The number of ether oxygens (including phenoxy) is 1. The van der Waals surface area contributed by atoms with Crippen LogP contribution in [0.3, 0.4) is 0 Å². The van der Waals surface area contributed by atoms with E-state index in [4.69, 9.17) is 4.74 Å². The molecule has 1 aliphatic heterocycles. The maximum Gasteiger partial charge on any atom is 0.119 e. The Labute approximate surface area is 145 Å². The third kappa shape index (κ3) is 3.08. The maximum atomic E-state index is 5.39. The van der Waals surface area contributed by atoms with Crippen LogP contribution in [0.15, 0.2) is 48.5 Å². The fourth-order valence-electron chi connectivity index (χ4n) is 4.70. The zero-order valence-electron chi connectivity index (χ0n) is 14.5. The maximum absolute atomic E-state index is 5.39. The van der Waals surface area contributed by atoms with Crippen molar-refractivity contribution >= 4 is 0 Å². The smallest absolute Gasteiger partial charge is 0.119 e. The number of fused-ring (bicyclic) bond motifs is 3. The molecular weight excluding hydrogens is 294 g/mol. The van der Waals surface area contributed by atoms with E-state index in [0.717, 1.165) is 18.2 Å². The Morgan fingerprint density at radius 2 is 2.00 bits per heavy atom. The second-order valence-corrected chi connectivity index (χ2v) is 7.27. The Morgan fingerprint density at radius 3 is 2.83 bits per heavy atom. The molecule has 1 heterocycles. The zero-order chi connectivity index (χ0) is 16.4. The highest BCUT2D eigenvalue weighted by molar-refractivity contribution is 5.41. The summed E-state index contributed by atoms with van der Waals surface area (Å²) in [6.45, 7) is 1.14. The van der Waals surface area contributed by atoms with E-state index in [9.17, 15) is 0 Å². The lowest BCUT2D eigenvalue weighted by Gasteiger charge is -2.31. The molecule has 1 aliphatic carbocycles. The molecule has 2 aromatic rings. The Bertz CT molecular complexity index is 682. The van der Waals surface area contributed by atoms with Crippen LogP contribution in [0.5, 0.6) is 5.75 Å². The predicted octanol–water partition coefficient (Wildman–Crippen LogP) is 4.34. The lowest BCUT2D eigenvalue weighted by molar-refractivity contribution is 0.353. The molecule has 0 spiro atoms. The fourth-order valence-corrected chi connectivity index (χ4v) is 4.70. The number of hydrogen-bond donors (Lipinski definition) is 1. The molecule has 0 amide bonds. The van der Waals surface area contributed by atoms with Gasteiger partial charge in [0.1, 0.15) is 5.75 Å². The van der Waals surface area contributed by atoms with Crippen LogP contribution >= 0.6 is 0 Å². The summed E-state index contributed by atoms with van der Waals surface area (Å²) in [5.41, 5.74) is 4.53. The number of aryl methyl sites for hydroxylation is 2. The van der Waals surface area contributed by atoms with Gasteiger partial charge in [-0.25, -0.2) is 0 Å². The van der Waals surface area contributed by atoms with E-state index in [1.807, 2.05) is 0 Å². The third-order valence-electron chi connectivity index (χ3n) is 5.95. The average Bonchev–Trinajstić information content (AvgIpc) is 3.05. The van der Waals surface area contributed by atoms with Crippen molar-refractivity contribution in [2.45, 2.75) is 44.1 Å². The summed E-state index contributed by atoms with van der Waals surface area (Å²) in [5, 5.41) is 3.82. The first kappa shape index (κ1) is 15.7. The first-order chi connectivity index (χ1) is 11.8. The fraction of sp³-hybridized carbons (Fsp3) is 0.455. The van der Waals surface area contributed by atoms with Gasteiger partial charge < -0.3 is 10.1 Å². The largest absolute Gasteiger partial charge is 0.497 e. The molecule has 0 bridgehead atoms. The topological polar surface area (TPSA) is 21.3 Å². The predicted molar refractivity (Wildman–Crippen MR) is 98.7 cm³/mol. The van der Waals surface area contributed by atoms with Crippen molar-refractivity contribution in [1.29, 1.82) is 0 Å². The van der Waals surface area contributed by atoms with Crippen LogP contribution in [0.25, 0.3) is 0 Å². The van der Waals surface area contributed by atoms with Crippen LogP contribution in [0.1, 0.15) is 41.9 Å². The molecule has 4 rings (SSSR count). The van der Waals surface area contributed by atoms with Gasteiger partial charge >= 0.3 is 0 Å². The van der Waals surface area contributed by atoms with Crippen molar-refractivity contribution in [3.8, 4) is 5.75 Å². The quantitative estimate of drug-likeness (QED) is 0.885. The van der Waals surface area contributed by atoms with Gasteiger partial charge in [-0.15, -0.1) is 0 Å². The van der Waals surface area contributed by atoms with E-state index in [1.54, 1.807) is 12.7 Å². The third-order valence-corrected chi connectivity index (χ3v) is 5.95. The van der Waals surface area contributed by atoms with Crippen LogP contribution in [-0.2, 0) is 12.8 Å². The van der Waals surface area contributed by atoms with Crippen molar-refractivity contribution in [3.63, 3.8) is 0 Å². The van der Waals surface area contributed by atoms with Gasteiger partial charge in [0.2, 0.25) is 0 Å². The molecule has 2 heteroatoms. The summed E-state index contributed by atoms with van der Waals surface area (Å²) in [6.07, 6.45) is 6.28. The van der Waals surface area contributed by atoms with Crippen LogP contribution < -0.4 is 10.1 Å². The van der Waals surface area contributed by atoms with Gasteiger partial charge in [0.05, 0.1) is 7.11 Å². The van der Waals surface area contributed by atoms with Gasteiger partial charge in [0, 0.05) is 18.5 Å². The standard InChI is InChI=1S/C22H27NO/c1-24-18-11-13-19-17(14-18)10-12-20-21(19)15-23-22(20)9-5-8-16-6-3-2-4-7-16/h2-4,6-7,11,13-14,20-23H,5,8-10,12,15H2,1H3. The van der Waals surface area contributed by atoms with Crippen molar-refractivity contribution < 1.29 is 4.74 Å². The van der Waals surface area contributed by atoms with Crippen molar-refractivity contribution in [2.24, 2.45) is 5.92 Å². The summed E-state index contributed by atoms with van der Waals surface area (Å²) in [6, 6.07) is 18.2. The Hall–Kier alpha value is -1.80. The Balaban J connectivity index is 1.39. The van der Waals surface area contributed by atoms with Crippen molar-refractivity contribution in [1.82, 2.24) is 5.32 Å². The van der Waals surface area contributed by atoms with E-state index in [2.05, 4.69) is 53.8 Å². The summed E-state index contributed by atoms with van der Waals surface area (Å²) in [7, 11) is 1.76. The molecule has 3 atom stereocenters. The number of hydrogen-bond acceptors (Lipinski definition) is 2. The van der Waals surface area contributed by atoms with Gasteiger partial charge in [-0.3, -0.25) is 0 Å². The minimum absolute atomic E-state index is 0.689. The molecule has 0 radical (unpaired) electrons. The average molecular weight is 321 g/mol. The van der Waals surface area contributed by atoms with Crippen LogP contribution in [-0.4, -0.2) is 19.7 Å². The first-order valence-electron chi connectivity index (χ1n) is 9.29. The summed E-state index contributed by atoms with van der Waals surface area (Å²) in [4.78, 5) is 0. The lowest BCUT2D eigenvalue weighted by atomic mass is 9.74. The molecule has 1 saturated heterocycles. The van der Waals surface area contributed by atoms with Gasteiger partial charge in [0.25, 0.3) is 0 Å². The minimum atomic E-state index is 0.689. The minimum Gasteiger partial charge on any atom is -0.497 e. The SMILES string of the molecule is COc1ccc2c(c1)CCC1C(CCCc3ccccc3)NCC21. The highest BCUT2D eigenvalue weighted by Gasteiger charge is 2.39. The molecule has 3 unspecified atom stereocenters. The number of benzene rings is 2. The van der Waals surface area contributed by atoms with Gasteiger partial charge in [0.15, 0.2) is 0 Å². The van der Waals surface area contributed by atoms with Gasteiger partial charge in [-0.2, -0.15) is 0 Å². The summed E-state index contributed by atoms with van der Waals surface area (Å²) < 4.78 is 5.39. The molecule has 2 nitrogen and oxygen atoms in total. The Kier molecular flexibility index (Phi) is 4.57. The normalized spacial score (nSPS) is 25.1. The van der Waals surface area contributed by atoms with Crippen LogP contribution in [0.2, 0.25) is 0 Å². The van der Waals surface area contributed by atoms with Crippen molar-refractivity contribution in [2.75, 3.05) is 13.7 Å². The number of nitrogens with one attached hydrogen (secondary N) is 1. The summed E-state index contributed by atoms with van der Waals surface area (Å²) in [5.74, 6) is 2.50. The Morgan fingerprint density at radius 1 is 1.12 bits per heavy atom. The molecule has 126 valence electrons. The molecule has 1 N–H and O–H groups in total. The molecule has 1 fully saturated rings. The second kappa shape index (κ2) is 6.98. The van der Waals surface area contributed by atoms with Crippen LogP contribution in [0, 0.1) is 5.92 Å². The van der Waals surface area contributed by atoms with E-state index in [0.29, 0.717) is 12.0 Å². The van der Waals surface area contributed by atoms with Crippen molar-refractivity contribution in [3.05, 3.63) is 65.2 Å². The van der Waals surface area contributed by atoms with E-state index >= 15 is 0 Å². The second-order valence-electron chi connectivity index (χ2n) is 7.27. The highest BCUT2D eigenvalue weighted by atomic mass is 16.5. The number of rotatable bonds is 5. The van der Waals surface area contributed by atoms with Crippen LogP contribution in [0.4, 0.5) is 0 Å². The van der Waals surface area contributed by atoms with Gasteiger partial charge in [-0.05, 0) is 66.8 Å². The molecule has 0 saturated carbocycles. The highest BCUT2D eigenvalue weighted by Crippen LogP contribution is 2.43. The van der Waals surface area contributed by atoms with E-state index in [-0.39, 0.29) is 0 Å². The first-order valence-corrected chi connectivity index (χ1v) is 9.29. The van der Waals surface area contributed by atoms with E-state index in [1.165, 1.54) is 43.2 Å². The summed E-state index contributed by atoms with van der Waals surface area (Å²) >= 11 is 0. The zero-order valence-corrected chi connectivity index (χ0v) is 14.5. The molecule has 0 aromatic heterocycles. The molecule has 24 heavy (non-hydrogen) atoms. The monoisotopic (exact) mass is 321 g/mol. The van der Waals surface area contributed by atoms with Gasteiger partial charge in [-0.1, -0.05) is 36.4 Å². The molecule has 2 aliphatic rings. The lowest BCUT2D eigenvalue weighted by Crippen LogP contribution is -2.29. The molecular formula is C22H27NO. The van der Waals surface area contributed by atoms with E-state index < -0.39 is 0 Å².